The summed E-state index contributed by atoms with van der Waals surface area (Å²) in [5.41, 5.74) is 0. The van der Waals surface area contributed by atoms with Crippen molar-refractivity contribution in [2.75, 3.05) is 18.9 Å². The number of carbonyl (C=O) groups is 1. The van der Waals surface area contributed by atoms with E-state index in [9.17, 15) is 13.2 Å². The molecule has 0 aliphatic rings. The van der Waals surface area contributed by atoms with E-state index in [1.807, 2.05) is 6.92 Å². The first-order valence-electron chi connectivity index (χ1n) is 6.21. The summed E-state index contributed by atoms with van der Waals surface area (Å²) in [7, 11) is -3.40. The number of hydrogen-bond acceptors (Lipinski definition) is 4. The average molecular weight is 281 g/mol. The van der Waals surface area contributed by atoms with E-state index in [2.05, 4.69) is 4.72 Å². The van der Waals surface area contributed by atoms with Crippen LogP contribution in [0.5, 0.6) is 0 Å². The Bertz CT molecular complexity index is 322. The van der Waals surface area contributed by atoms with Crippen molar-refractivity contribution in [2.24, 2.45) is 5.92 Å². The molecule has 0 spiro atoms. The fraction of sp³-hybridized carbons (Fsp3) is 0.909. The summed E-state index contributed by atoms with van der Waals surface area (Å²) >= 11 is 0. The molecule has 0 aliphatic carbocycles. The SMILES string of the molecule is CCCC(CCO)CNS(=O)(=O)CCCC(=O)O. The molecular formula is C11H23NO5S. The summed E-state index contributed by atoms with van der Waals surface area (Å²) in [5, 5.41) is 17.3. The molecule has 0 rings (SSSR count). The quantitative estimate of drug-likeness (QED) is 0.513. The molecule has 108 valence electrons. The molecular weight excluding hydrogens is 258 g/mol. The molecule has 3 N–H and O–H groups in total. The van der Waals surface area contributed by atoms with Gasteiger partial charge < -0.3 is 10.2 Å². The third-order valence-electron chi connectivity index (χ3n) is 2.63. The first-order valence-corrected chi connectivity index (χ1v) is 7.86. The van der Waals surface area contributed by atoms with Crippen molar-refractivity contribution >= 4 is 16.0 Å². The Balaban J connectivity index is 4.02. The second-order valence-corrected chi connectivity index (χ2v) is 6.26. The van der Waals surface area contributed by atoms with Crippen LogP contribution in [0.15, 0.2) is 0 Å². The maximum Gasteiger partial charge on any atom is 0.303 e. The Morgan fingerprint density at radius 3 is 2.50 bits per heavy atom. The van der Waals surface area contributed by atoms with Gasteiger partial charge in [0, 0.05) is 19.6 Å². The molecule has 0 fully saturated rings. The molecule has 1 atom stereocenters. The van der Waals surface area contributed by atoms with Crippen LogP contribution in [0.4, 0.5) is 0 Å². The summed E-state index contributed by atoms with van der Waals surface area (Å²) in [6.07, 6.45) is 2.34. The third kappa shape index (κ3) is 9.38. The van der Waals surface area contributed by atoms with Crippen LogP contribution in [0.2, 0.25) is 0 Å². The zero-order valence-corrected chi connectivity index (χ0v) is 11.6. The van der Waals surface area contributed by atoms with E-state index in [0.29, 0.717) is 13.0 Å². The van der Waals surface area contributed by atoms with Gasteiger partial charge in [0.05, 0.1) is 5.75 Å². The Morgan fingerprint density at radius 2 is 2.00 bits per heavy atom. The van der Waals surface area contributed by atoms with Gasteiger partial charge in [-0.1, -0.05) is 13.3 Å². The maximum absolute atomic E-state index is 11.6. The summed E-state index contributed by atoms with van der Waals surface area (Å²) in [4.78, 5) is 10.3. The van der Waals surface area contributed by atoms with Crippen LogP contribution in [-0.2, 0) is 14.8 Å². The van der Waals surface area contributed by atoms with Gasteiger partial charge in [0.2, 0.25) is 10.0 Å². The smallest absolute Gasteiger partial charge is 0.303 e. The number of carboxylic acids is 1. The van der Waals surface area contributed by atoms with Crippen LogP contribution in [0.25, 0.3) is 0 Å². The molecule has 0 amide bonds. The van der Waals surface area contributed by atoms with Gasteiger partial charge in [0.1, 0.15) is 0 Å². The van der Waals surface area contributed by atoms with Gasteiger partial charge in [-0.05, 0) is 25.2 Å². The predicted molar refractivity (Wildman–Crippen MR) is 68.8 cm³/mol. The Labute approximate surface area is 108 Å². The van der Waals surface area contributed by atoms with E-state index in [-0.39, 0.29) is 31.1 Å². The van der Waals surface area contributed by atoms with Crippen LogP contribution in [0.3, 0.4) is 0 Å². The Hall–Kier alpha value is -0.660. The van der Waals surface area contributed by atoms with Crippen LogP contribution < -0.4 is 4.72 Å². The van der Waals surface area contributed by atoms with Crippen LogP contribution in [0, 0.1) is 5.92 Å². The molecule has 0 aliphatic heterocycles. The van der Waals surface area contributed by atoms with Crippen LogP contribution in [0.1, 0.15) is 39.0 Å². The van der Waals surface area contributed by atoms with E-state index < -0.39 is 16.0 Å². The van der Waals surface area contributed by atoms with Crippen molar-refractivity contribution in [3.05, 3.63) is 0 Å². The highest BCUT2D eigenvalue weighted by Gasteiger charge is 2.14. The van der Waals surface area contributed by atoms with Crippen molar-refractivity contribution < 1.29 is 23.4 Å². The molecule has 0 saturated carbocycles. The largest absolute Gasteiger partial charge is 0.481 e. The molecule has 7 heteroatoms. The number of nitrogens with one attached hydrogen (secondary N) is 1. The molecule has 0 aromatic rings. The van der Waals surface area contributed by atoms with Crippen molar-refractivity contribution in [3.8, 4) is 0 Å². The van der Waals surface area contributed by atoms with Crippen molar-refractivity contribution in [1.82, 2.24) is 4.72 Å². The second-order valence-electron chi connectivity index (χ2n) is 4.33. The Morgan fingerprint density at radius 1 is 1.33 bits per heavy atom. The van der Waals surface area contributed by atoms with Gasteiger partial charge in [-0.2, -0.15) is 0 Å². The Kier molecular flexibility index (Phi) is 8.95. The lowest BCUT2D eigenvalue weighted by Crippen LogP contribution is -2.31. The number of aliphatic carboxylic acids is 1. The zero-order valence-electron chi connectivity index (χ0n) is 10.8. The minimum atomic E-state index is -3.40. The van der Waals surface area contributed by atoms with Gasteiger partial charge in [0.25, 0.3) is 0 Å². The monoisotopic (exact) mass is 281 g/mol. The number of rotatable bonds is 11. The predicted octanol–water partition coefficient (Wildman–Crippen LogP) is 0.569. The zero-order chi connectivity index (χ0) is 14.0. The van der Waals surface area contributed by atoms with Gasteiger partial charge in [-0.15, -0.1) is 0 Å². The lowest BCUT2D eigenvalue weighted by molar-refractivity contribution is -0.137. The molecule has 0 saturated heterocycles. The summed E-state index contributed by atoms with van der Waals surface area (Å²) in [6, 6.07) is 0. The van der Waals surface area contributed by atoms with E-state index in [4.69, 9.17) is 10.2 Å². The van der Waals surface area contributed by atoms with E-state index in [1.165, 1.54) is 0 Å². The molecule has 6 nitrogen and oxygen atoms in total. The molecule has 0 heterocycles. The van der Waals surface area contributed by atoms with E-state index in [1.54, 1.807) is 0 Å². The first-order chi connectivity index (χ1) is 8.41. The minimum absolute atomic E-state index is 0.0470. The number of carboxylic acid groups (broad SMARTS) is 1. The standard InChI is InChI=1S/C11H23NO5S/c1-2-4-10(6-7-13)9-12-18(16,17)8-3-5-11(14)15/h10,12-13H,2-9H2,1H3,(H,14,15). The minimum Gasteiger partial charge on any atom is -0.481 e. The topological polar surface area (TPSA) is 104 Å². The van der Waals surface area contributed by atoms with Gasteiger partial charge in [-0.25, -0.2) is 13.1 Å². The highest BCUT2D eigenvalue weighted by atomic mass is 32.2. The molecule has 0 aromatic heterocycles. The second kappa shape index (κ2) is 9.29. The molecule has 0 radical (unpaired) electrons. The van der Waals surface area contributed by atoms with Crippen molar-refractivity contribution in [3.63, 3.8) is 0 Å². The van der Waals surface area contributed by atoms with Gasteiger partial charge in [0.15, 0.2) is 0 Å². The van der Waals surface area contributed by atoms with Crippen LogP contribution >= 0.6 is 0 Å². The lowest BCUT2D eigenvalue weighted by Gasteiger charge is -2.15. The summed E-state index contributed by atoms with van der Waals surface area (Å²) < 4.78 is 25.6. The molecule has 1 unspecified atom stereocenters. The normalized spacial score (nSPS) is 13.4. The summed E-state index contributed by atoms with van der Waals surface area (Å²) in [6.45, 7) is 2.36. The van der Waals surface area contributed by atoms with Crippen LogP contribution in [-0.4, -0.2) is 43.5 Å². The maximum atomic E-state index is 11.6. The lowest BCUT2D eigenvalue weighted by atomic mass is 10.0. The highest BCUT2D eigenvalue weighted by molar-refractivity contribution is 7.89. The molecule has 0 bridgehead atoms. The van der Waals surface area contributed by atoms with Gasteiger partial charge in [-0.3, -0.25) is 4.79 Å². The number of aliphatic hydroxyl groups excluding tert-OH is 1. The first kappa shape index (κ1) is 17.3. The van der Waals surface area contributed by atoms with Crippen molar-refractivity contribution in [1.29, 1.82) is 0 Å². The fourth-order valence-electron chi connectivity index (χ4n) is 1.67. The molecule has 18 heavy (non-hydrogen) atoms. The number of sulfonamides is 1. The third-order valence-corrected chi connectivity index (χ3v) is 4.06. The highest BCUT2D eigenvalue weighted by Crippen LogP contribution is 2.10. The van der Waals surface area contributed by atoms with Crippen molar-refractivity contribution in [2.45, 2.75) is 39.0 Å². The number of hydrogen-bond donors (Lipinski definition) is 3. The van der Waals surface area contributed by atoms with Gasteiger partial charge >= 0.3 is 5.97 Å². The average Bonchev–Trinajstić information content (AvgIpc) is 2.26. The molecule has 0 aromatic carbocycles. The van der Waals surface area contributed by atoms with E-state index in [0.717, 1.165) is 12.8 Å². The fourth-order valence-corrected chi connectivity index (χ4v) is 2.83. The number of aliphatic hydroxyl groups is 1. The van der Waals surface area contributed by atoms with E-state index >= 15 is 0 Å². The summed E-state index contributed by atoms with van der Waals surface area (Å²) in [5.74, 6) is -1.03.